The van der Waals surface area contributed by atoms with E-state index in [1.54, 1.807) is 0 Å². The van der Waals surface area contributed by atoms with Crippen LogP contribution in [0, 0.1) is 0 Å². The van der Waals surface area contributed by atoms with E-state index in [2.05, 4.69) is 60.4 Å². The highest BCUT2D eigenvalue weighted by molar-refractivity contribution is 5.71. The molecule has 0 aliphatic heterocycles. The van der Waals surface area contributed by atoms with Crippen LogP contribution in [0.5, 0.6) is 0 Å². The smallest absolute Gasteiger partial charge is 0.164 e. The second-order valence-electron chi connectivity index (χ2n) is 13.2. The molecule has 0 N–H and O–H groups in total. The van der Waals surface area contributed by atoms with Gasteiger partial charge in [0.05, 0.1) is 0 Å². The molecule has 0 saturated carbocycles. The molecule has 3 aromatic heterocycles. The van der Waals surface area contributed by atoms with Crippen molar-refractivity contribution in [1.82, 2.24) is 44.9 Å². The molecule has 0 saturated heterocycles. The van der Waals surface area contributed by atoms with Gasteiger partial charge in [0.15, 0.2) is 29.1 Å². The predicted octanol–water partition coefficient (Wildman–Crippen LogP) is 9.07. The molecule has 9 nitrogen and oxygen atoms in total. The van der Waals surface area contributed by atoms with Gasteiger partial charge in [0.2, 0.25) is 0 Å². The maximum atomic E-state index is 4.99. The fraction of sp³-hybridized carbons (Fsp3) is 0.308. The van der Waals surface area contributed by atoms with Crippen molar-refractivity contribution in [3.8, 4) is 56.9 Å². The summed E-state index contributed by atoms with van der Waals surface area (Å²) in [4.78, 5) is 43.5. The first-order chi connectivity index (χ1) is 23.0. The van der Waals surface area contributed by atoms with Gasteiger partial charge < -0.3 is 0 Å². The van der Waals surface area contributed by atoms with E-state index in [4.69, 9.17) is 39.9 Å². The van der Waals surface area contributed by atoms with E-state index < -0.39 is 0 Å². The molecule has 3 heterocycles. The lowest BCUT2D eigenvalue weighted by Crippen LogP contribution is -2.08. The Kier molecular flexibility index (Phi) is 9.39. The Hall–Kier alpha value is -5.31. The molecule has 0 fully saturated rings. The molecule has 0 aliphatic rings. The van der Waals surface area contributed by atoms with E-state index in [0.717, 1.165) is 51.1 Å². The third-order valence-corrected chi connectivity index (χ3v) is 7.85. The van der Waals surface area contributed by atoms with Gasteiger partial charge in [-0.1, -0.05) is 128 Å². The van der Waals surface area contributed by atoms with Crippen molar-refractivity contribution in [3.63, 3.8) is 0 Å². The third kappa shape index (κ3) is 7.15. The van der Waals surface area contributed by atoms with Gasteiger partial charge in [0, 0.05) is 51.5 Å². The van der Waals surface area contributed by atoms with Crippen molar-refractivity contribution in [2.45, 2.75) is 79.1 Å². The van der Waals surface area contributed by atoms with Crippen molar-refractivity contribution >= 4 is 0 Å². The van der Waals surface area contributed by atoms with Crippen LogP contribution >= 0.6 is 0 Å². The fourth-order valence-corrected chi connectivity index (χ4v) is 5.03. The summed E-state index contributed by atoms with van der Waals surface area (Å²) >= 11 is 0. The van der Waals surface area contributed by atoms with Crippen LogP contribution in [0.1, 0.15) is 102 Å². The number of hydrogen-bond acceptors (Lipinski definition) is 9. The van der Waals surface area contributed by atoms with E-state index in [0.29, 0.717) is 29.1 Å². The molecule has 9 heteroatoms. The lowest BCUT2D eigenvalue weighted by Gasteiger charge is -2.13. The first-order valence-electron chi connectivity index (χ1n) is 16.6. The lowest BCUT2D eigenvalue weighted by atomic mass is 10.1. The van der Waals surface area contributed by atoms with Gasteiger partial charge in [-0.15, -0.1) is 0 Å². The first kappa shape index (κ1) is 32.6. The quantitative estimate of drug-likeness (QED) is 0.153. The molecule has 3 aromatic carbocycles. The molecule has 0 aliphatic carbocycles. The largest absolute Gasteiger partial charge is 0.217 e. The molecular weight excluding hydrogens is 594 g/mol. The summed E-state index contributed by atoms with van der Waals surface area (Å²) < 4.78 is 0. The number of nitrogens with zero attached hydrogens (tertiary/aromatic N) is 9. The molecule has 6 rings (SSSR count). The van der Waals surface area contributed by atoms with E-state index in [-0.39, 0.29) is 23.7 Å². The highest BCUT2D eigenvalue weighted by atomic mass is 15.1. The van der Waals surface area contributed by atoms with Crippen LogP contribution < -0.4 is 0 Å². The second kappa shape index (κ2) is 13.8. The van der Waals surface area contributed by atoms with Gasteiger partial charge in [-0.3, -0.25) is 0 Å². The SMILES string of the molecule is CC(C)c1nc(-c2ccc(-c3nc(-c4ccccc4)nc(-c4cccc(-c5nc(C(C)C)nc(C(C)C)n5)c4)n3)cc2)nc(C(C)C)n1. The van der Waals surface area contributed by atoms with Crippen molar-refractivity contribution in [3.05, 3.63) is 102 Å². The van der Waals surface area contributed by atoms with Gasteiger partial charge in [0.1, 0.15) is 23.3 Å². The zero-order chi connectivity index (χ0) is 33.9. The van der Waals surface area contributed by atoms with E-state index in [1.807, 2.05) is 78.9 Å². The Morgan fingerprint density at radius 2 is 0.583 bits per heavy atom. The molecule has 6 aromatic rings. The summed E-state index contributed by atoms with van der Waals surface area (Å²) in [6, 6.07) is 26.1. The van der Waals surface area contributed by atoms with E-state index >= 15 is 0 Å². The summed E-state index contributed by atoms with van der Waals surface area (Å²) in [7, 11) is 0. The molecule has 0 unspecified atom stereocenters. The lowest BCUT2D eigenvalue weighted by molar-refractivity contribution is 0.697. The highest BCUT2D eigenvalue weighted by Crippen LogP contribution is 2.29. The minimum Gasteiger partial charge on any atom is -0.217 e. The van der Waals surface area contributed by atoms with Crippen LogP contribution in [-0.2, 0) is 0 Å². The minimum absolute atomic E-state index is 0.179. The molecule has 0 amide bonds. The van der Waals surface area contributed by atoms with E-state index in [1.165, 1.54) is 0 Å². The Bertz CT molecular complexity index is 1980. The molecule has 242 valence electrons. The van der Waals surface area contributed by atoms with Crippen LogP contribution in [-0.4, -0.2) is 44.9 Å². The van der Waals surface area contributed by atoms with Gasteiger partial charge in [-0.25, -0.2) is 44.9 Å². The molecule has 0 spiro atoms. The van der Waals surface area contributed by atoms with Gasteiger partial charge in [-0.05, 0) is 6.07 Å². The maximum absolute atomic E-state index is 4.99. The third-order valence-electron chi connectivity index (χ3n) is 7.85. The van der Waals surface area contributed by atoms with Crippen LogP contribution in [0.2, 0.25) is 0 Å². The average molecular weight is 636 g/mol. The Morgan fingerprint density at radius 3 is 0.958 bits per heavy atom. The summed E-state index contributed by atoms with van der Waals surface area (Å²) in [5.41, 5.74) is 4.40. The number of rotatable bonds is 9. The summed E-state index contributed by atoms with van der Waals surface area (Å²) in [5.74, 6) is 6.94. The maximum Gasteiger partial charge on any atom is 0.164 e. The number of aromatic nitrogens is 9. The molecular formula is C39H41N9. The van der Waals surface area contributed by atoms with Crippen molar-refractivity contribution in [1.29, 1.82) is 0 Å². The number of benzene rings is 3. The van der Waals surface area contributed by atoms with E-state index in [9.17, 15) is 0 Å². The molecule has 0 atom stereocenters. The predicted molar refractivity (Wildman–Crippen MR) is 190 cm³/mol. The average Bonchev–Trinajstić information content (AvgIpc) is 3.11. The summed E-state index contributed by atoms with van der Waals surface area (Å²) in [6.07, 6.45) is 0. The standard InChI is InChI=1S/C39H41N9/c1-22(2)31-40-32(23(3)4)43-36(42-31)27-17-19-28(20-18-27)37-46-35(26-13-10-9-11-14-26)47-39(48-37)30-16-12-15-29(21-30)38-44-33(24(5)6)41-34(45-38)25(7)8/h9-25H,1-8H3. The second-order valence-corrected chi connectivity index (χ2v) is 13.2. The minimum atomic E-state index is 0.179. The van der Waals surface area contributed by atoms with Gasteiger partial charge >= 0.3 is 0 Å². The number of hydrogen-bond donors (Lipinski definition) is 0. The zero-order valence-electron chi connectivity index (χ0n) is 28.8. The monoisotopic (exact) mass is 635 g/mol. The first-order valence-corrected chi connectivity index (χ1v) is 16.6. The highest BCUT2D eigenvalue weighted by Gasteiger charge is 2.18. The van der Waals surface area contributed by atoms with Crippen molar-refractivity contribution in [2.75, 3.05) is 0 Å². The van der Waals surface area contributed by atoms with Gasteiger partial charge in [0.25, 0.3) is 0 Å². The van der Waals surface area contributed by atoms with Crippen LogP contribution in [0.3, 0.4) is 0 Å². The van der Waals surface area contributed by atoms with Crippen LogP contribution in [0.15, 0.2) is 78.9 Å². The van der Waals surface area contributed by atoms with Crippen LogP contribution in [0.25, 0.3) is 56.9 Å². The molecule has 0 bridgehead atoms. The Balaban J connectivity index is 1.43. The topological polar surface area (TPSA) is 116 Å². The van der Waals surface area contributed by atoms with Crippen LogP contribution in [0.4, 0.5) is 0 Å². The Morgan fingerprint density at radius 1 is 0.292 bits per heavy atom. The normalized spacial score (nSPS) is 11.7. The van der Waals surface area contributed by atoms with Crippen molar-refractivity contribution in [2.24, 2.45) is 0 Å². The summed E-state index contributed by atoms with van der Waals surface area (Å²) in [5, 5.41) is 0. The molecule has 48 heavy (non-hydrogen) atoms. The fourth-order valence-electron chi connectivity index (χ4n) is 5.03. The summed E-state index contributed by atoms with van der Waals surface area (Å²) in [6.45, 7) is 16.8. The van der Waals surface area contributed by atoms with Gasteiger partial charge in [-0.2, -0.15) is 0 Å². The Labute approximate surface area is 282 Å². The molecule has 0 radical (unpaired) electrons. The zero-order valence-corrected chi connectivity index (χ0v) is 28.8. The van der Waals surface area contributed by atoms with Crippen molar-refractivity contribution < 1.29 is 0 Å².